The molecule has 1 aromatic rings. The van der Waals surface area contributed by atoms with Crippen LogP contribution in [0.1, 0.15) is 45.9 Å². The number of aromatic nitrogens is 1. The summed E-state index contributed by atoms with van der Waals surface area (Å²) in [5.74, 6) is 0.831. The molecule has 0 amide bonds. The topological polar surface area (TPSA) is 51.5 Å². The van der Waals surface area contributed by atoms with Crippen LogP contribution in [-0.2, 0) is 11.2 Å². The van der Waals surface area contributed by atoms with Crippen molar-refractivity contribution in [3.8, 4) is 5.75 Å². The van der Waals surface area contributed by atoms with Crippen molar-refractivity contribution in [1.82, 2.24) is 4.98 Å². The first kappa shape index (κ1) is 20.6. The summed E-state index contributed by atoms with van der Waals surface area (Å²) in [7, 11) is 3.40. The first-order valence-electron chi connectivity index (χ1n) is 6.56. The van der Waals surface area contributed by atoms with Gasteiger partial charge in [-0.2, -0.15) is 0 Å². The number of rotatable bonds is 3. The van der Waals surface area contributed by atoms with Gasteiger partial charge < -0.3 is 9.53 Å². The van der Waals surface area contributed by atoms with Gasteiger partial charge in [0, 0.05) is 19.5 Å². The predicted octanol–water partition coefficient (Wildman–Crippen LogP) is 3.57. The Morgan fingerprint density at radius 1 is 1.35 bits per heavy atom. The van der Waals surface area contributed by atoms with E-state index in [4.69, 9.17) is 9.53 Å². The average Bonchev–Trinajstić information content (AvgIpc) is 2.39. The Morgan fingerprint density at radius 2 is 1.85 bits per heavy atom. The molecule has 0 saturated carbocycles. The van der Waals surface area contributed by atoms with Gasteiger partial charge in [-0.1, -0.05) is 34.6 Å². The highest BCUT2D eigenvalue weighted by atomic mass is 16.5. The van der Waals surface area contributed by atoms with Gasteiger partial charge >= 0.3 is 0 Å². The number of hydrogen-bond donors (Lipinski definition) is 0. The standard InChI is InChI=1S/C10H14N2O.C5H12.CH2O/c1-4-9-8(7-11-2)10(13-3)5-6-12-9;1-5(2,3)4;1-2/h5-7H,4H2,1-3H3;1-4H3;1H2. The first-order chi connectivity index (χ1) is 9.33. The number of methoxy groups -OCH3 is 1. The number of nitrogens with zero attached hydrogens (tertiary/aromatic N) is 2. The molecule has 1 aromatic heterocycles. The molecule has 0 radical (unpaired) electrons. The minimum absolute atomic E-state index is 0.500. The summed E-state index contributed by atoms with van der Waals surface area (Å²) in [5.41, 5.74) is 2.50. The van der Waals surface area contributed by atoms with Crippen molar-refractivity contribution < 1.29 is 9.53 Å². The molecule has 4 heteroatoms. The molecular formula is C16H28N2O2. The van der Waals surface area contributed by atoms with E-state index in [9.17, 15) is 0 Å². The van der Waals surface area contributed by atoms with E-state index in [-0.39, 0.29) is 0 Å². The van der Waals surface area contributed by atoms with Gasteiger partial charge in [0.2, 0.25) is 0 Å². The summed E-state index contributed by atoms with van der Waals surface area (Å²) < 4.78 is 5.21. The monoisotopic (exact) mass is 280 g/mol. The molecule has 0 spiro atoms. The molecule has 0 atom stereocenters. The summed E-state index contributed by atoms with van der Waals surface area (Å²) in [4.78, 5) is 16.2. The van der Waals surface area contributed by atoms with Gasteiger partial charge in [0.25, 0.3) is 0 Å². The number of hydrogen-bond acceptors (Lipinski definition) is 4. The molecule has 0 aliphatic heterocycles. The molecule has 20 heavy (non-hydrogen) atoms. The van der Waals surface area contributed by atoms with Crippen molar-refractivity contribution in [1.29, 1.82) is 0 Å². The van der Waals surface area contributed by atoms with Crippen LogP contribution >= 0.6 is 0 Å². The zero-order valence-electron chi connectivity index (χ0n) is 13.9. The number of pyridine rings is 1. The Bertz CT molecular complexity index is 368. The van der Waals surface area contributed by atoms with Gasteiger partial charge in [0.05, 0.1) is 18.4 Å². The first-order valence-corrected chi connectivity index (χ1v) is 6.56. The van der Waals surface area contributed by atoms with Gasteiger partial charge in [-0.3, -0.25) is 9.98 Å². The summed E-state index contributed by atoms with van der Waals surface area (Å²) in [6.07, 6.45) is 4.42. The molecule has 114 valence electrons. The molecular weight excluding hydrogens is 252 g/mol. The van der Waals surface area contributed by atoms with E-state index in [0.717, 1.165) is 23.4 Å². The second kappa shape index (κ2) is 11.1. The molecule has 0 saturated heterocycles. The molecule has 0 N–H and O–H groups in total. The molecule has 4 nitrogen and oxygen atoms in total. The Kier molecular flexibility index (Phi) is 11.5. The number of carbonyl (C=O) groups is 1. The number of ether oxygens (including phenoxy) is 1. The molecule has 0 aromatic carbocycles. The van der Waals surface area contributed by atoms with Crippen LogP contribution in [0.5, 0.6) is 5.75 Å². The smallest absolute Gasteiger partial charge is 0.130 e. The Morgan fingerprint density at radius 3 is 2.20 bits per heavy atom. The zero-order valence-corrected chi connectivity index (χ0v) is 13.9. The Balaban J connectivity index is 0. The summed E-state index contributed by atoms with van der Waals surface area (Å²) in [6, 6.07) is 1.84. The SMILES string of the molecule is C=O.CC(C)(C)C.CCc1nccc(OC)c1C=NC. The zero-order chi connectivity index (χ0) is 16.2. The van der Waals surface area contributed by atoms with Crippen molar-refractivity contribution in [3.05, 3.63) is 23.5 Å². The van der Waals surface area contributed by atoms with Crippen LogP contribution in [0, 0.1) is 5.41 Å². The normalized spacial score (nSPS) is 10.2. The maximum Gasteiger partial charge on any atom is 0.130 e. The van der Waals surface area contributed by atoms with Crippen LogP contribution < -0.4 is 4.74 Å². The molecule has 0 fully saturated rings. The Hall–Kier alpha value is -1.71. The highest BCUT2D eigenvalue weighted by Gasteiger charge is 2.05. The van der Waals surface area contributed by atoms with Crippen molar-refractivity contribution in [2.75, 3.05) is 14.2 Å². The van der Waals surface area contributed by atoms with Crippen molar-refractivity contribution in [3.63, 3.8) is 0 Å². The fourth-order valence-electron chi connectivity index (χ4n) is 1.22. The Labute approximate surface area is 123 Å². The molecule has 0 aliphatic rings. The molecule has 1 rings (SSSR count). The molecule has 0 bridgehead atoms. The number of aliphatic imine (C=N–C) groups is 1. The van der Waals surface area contributed by atoms with Crippen LogP contribution in [0.2, 0.25) is 0 Å². The van der Waals surface area contributed by atoms with Gasteiger partial charge in [0.15, 0.2) is 0 Å². The van der Waals surface area contributed by atoms with Gasteiger partial charge in [-0.25, -0.2) is 0 Å². The minimum atomic E-state index is 0.500. The quantitative estimate of drug-likeness (QED) is 0.795. The van der Waals surface area contributed by atoms with Crippen molar-refractivity contribution in [2.45, 2.75) is 41.0 Å². The lowest BCUT2D eigenvalue weighted by Crippen LogP contribution is -1.99. The van der Waals surface area contributed by atoms with E-state index >= 15 is 0 Å². The third-order valence-electron chi connectivity index (χ3n) is 1.85. The van der Waals surface area contributed by atoms with E-state index in [2.05, 4.69) is 44.6 Å². The lowest BCUT2D eigenvalue weighted by Gasteiger charge is -2.07. The highest BCUT2D eigenvalue weighted by Crippen LogP contribution is 2.18. The van der Waals surface area contributed by atoms with Crippen LogP contribution in [0.3, 0.4) is 0 Å². The summed E-state index contributed by atoms with van der Waals surface area (Å²) in [6.45, 7) is 12.8. The lowest BCUT2D eigenvalue weighted by atomic mass is 10.0. The number of aryl methyl sites for hydroxylation is 1. The van der Waals surface area contributed by atoms with E-state index < -0.39 is 0 Å². The van der Waals surface area contributed by atoms with Crippen molar-refractivity contribution in [2.24, 2.45) is 10.4 Å². The maximum atomic E-state index is 8.00. The third-order valence-corrected chi connectivity index (χ3v) is 1.85. The van der Waals surface area contributed by atoms with E-state index in [1.54, 1.807) is 26.6 Å². The lowest BCUT2D eigenvalue weighted by molar-refractivity contribution is -0.0979. The van der Waals surface area contributed by atoms with Crippen LogP contribution in [0.15, 0.2) is 17.3 Å². The molecule has 0 unspecified atom stereocenters. The van der Waals surface area contributed by atoms with Crippen LogP contribution in [0.25, 0.3) is 0 Å². The van der Waals surface area contributed by atoms with E-state index in [1.807, 2.05) is 12.9 Å². The molecule has 1 heterocycles. The van der Waals surface area contributed by atoms with E-state index in [0.29, 0.717) is 5.41 Å². The third kappa shape index (κ3) is 10.2. The van der Waals surface area contributed by atoms with E-state index in [1.165, 1.54) is 0 Å². The summed E-state index contributed by atoms with van der Waals surface area (Å²) >= 11 is 0. The maximum absolute atomic E-state index is 8.00. The fraction of sp³-hybridized carbons (Fsp3) is 0.562. The van der Waals surface area contributed by atoms with Gasteiger partial charge in [-0.15, -0.1) is 0 Å². The van der Waals surface area contributed by atoms with Crippen molar-refractivity contribution >= 4 is 13.0 Å². The largest absolute Gasteiger partial charge is 0.496 e. The van der Waals surface area contributed by atoms with Crippen LogP contribution in [-0.4, -0.2) is 32.1 Å². The second-order valence-corrected chi connectivity index (χ2v) is 5.61. The van der Waals surface area contributed by atoms with Gasteiger partial charge in [0.1, 0.15) is 12.5 Å². The van der Waals surface area contributed by atoms with Crippen LogP contribution in [0.4, 0.5) is 0 Å². The highest BCUT2D eigenvalue weighted by molar-refractivity contribution is 5.84. The minimum Gasteiger partial charge on any atom is -0.496 e. The second-order valence-electron chi connectivity index (χ2n) is 5.61. The van der Waals surface area contributed by atoms with Gasteiger partial charge in [-0.05, 0) is 17.9 Å². The summed E-state index contributed by atoms with van der Waals surface area (Å²) in [5, 5.41) is 0. The predicted molar refractivity (Wildman–Crippen MR) is 85.9 cm³/mol. The number of carbonyl (C=O) groups excluding carboxylic acids is 1. The molecule has 0 aliphatic carbocycles. The average molecular weight is 280 g/mol. The fourth-order valence-corrected chi connectivity index (χ4v) is 1.22.